The summed E-state index contributed by atoms with van der Waals surface area (Å²) in [7, 11) is 0. The lowest BCUT2D eigenvalue weighted by atomic mass is 9.68. The predicted molar refractivity (Wildman–Crippen MR) is 172 cm³/mol. The summed E-state index contributed by atoms with van der Waals surface area (Å²) in [6, 6.07) is 21.3. The Balaban J connectivity index is 1.20. The third-order valence-electron chi connectivity index (χ3n) is 9.59. The number of thiazole rings is 1. The molecule has 2 aliphatic carbocycles. The van der Waals surface area contributed by atoms with Crippen molar-refractivity contribution in [1.82, 2.24) is 4.98 Å². The summed E-state index contributed by atoms with van der Waals surface area (Å²) >= 11 is 13.0. The van der Waals surface area contributed by atoms with Gasteiger partial charge in [0.1, 0.15) is 12.4 Å². The van der Waals surface area contributed by atoms with Crippen LogP contribution in [-0.2, 0) is 16.2 Å². The van der Waals surface area contributed by atoms with Gasteiger partial charge in [-0.2, -0.15) is 0 Å². The van der Waals surface area contributed by atoms with Gasteiger partial charge in [-0.3, -0.25) is 19.3 Å². The van der Waals surface area contributed by atoms with E-state index < -0.39 is 0 Å². The van der Waals surface area contributed by atoms with Crippen molar-refractivity contribution in [2.75, 3.05) is 4.90 Å². The number of nitrogens with zero attached hydrogens (tertiary/aromatic N) is 1. The molecule has 7 atom stereocenters. The van der Waals surface area contributed by atoms with Crippen molar-refractivity contribution in [3.05, 3.63) is 107 Å². The maximum Gasteiger partial charge on any atom is 0.305 e. The molecule has 2 saturated carbocycles. The molecule has 1 saturated heterocycles. The molecule has 4 aromatic rings. The van der Waals surface area contributed by atoms with E-state index in [1.165, 1.54) is 16.2 Å². The number of aromatic nitrogens is 1. The highest BCUT2D eigenvalue weighted by atomic mass is 79.9. The first-order valence-electron chi connectivity index (χ1n) is 14.3. The number of H-pyrrole nitrogens is 1. The van der Waals surface area contributed by atoms with Gasteiger partial charge in [-0.15, -0.1) is 11.8 Å². The Kier molecular flexibility index (Phi) is 6.67. The number of anilines is 1. The van der Waals surface area contributed by atoms with Crippen molar-refractivity contribution >= 4 is 68.1 Å². The topological polar surface area (TPSA) is 79.5 Å². The number of hydrogen-bond acceptors (Lipinski definition) is 6. The predicted octanol–water partition coefficient (Wildman–Crippen LogP) is 7.42. The highest BCUT2D eigenvalue weighted by Gasteiger charge is 2.69. The van der Waals surface area contributed by atoms with Crippen molar-refractivity contribution in [3.8, 4) is 5.75 Å². The summed E-state index contributed by atoms with van der Waals surface area (Å²) < 4.78 is 7.36. The second-order valence-electron chi connectivity index (χ2n) is 11.9. The molecule has 0 radical (unpaired) electrons. The smallest absolute Gasteiger partial charge is 0.305 e. The number of rotatable bonds is 5. The number of aromatic amines is 1. The first-order chi connectivity index (χ1) is 20.8. The van der Waals surface area contributed by atoms with E-state index in [-0.39, 0.29) is 57.4 Å². The quantitative estimate of drug-likeness (QED) is 0.220. The summed E-state index contributed by atoms with van der Waals surface area (Å²) in [6.07, 6.45) is 0.818. The molecule has 1 aromatic heterocycles. The molecule has 3 fully saturated rings. The lowest BCUT2D eigenvalue weighted by Gasteiger charge is -2.43. The Labute approximate surface area is 269 Å². The summed E-state index contributed by atoms with van der Waals surface area (Å²) in [6.45, 7) is 2.45. The van der Waals surface area contributed by atoms with Crippen LogP contribution in [0, 0.1) is 36.5 Å². The van der Waals surface area contributed by atoms with Crippen LogP contribution < -0.4 is 14.5 Å². The number of carbonyl (C=O) groups excluding carboxylic acids is 2. The zero-order valence-electron chi connectivity index (χ0n) is 23.0. The zero-order chi connectivity index (χ0) is 29.6. The molecular formula is C33H26BrClN2O4S2. The van der Waals surface area contributed by atoms with Crippen molar-refractivity contribution in [3.63, 3.8) is 0 Å². The fraction of sp³-hybridized carbons (Fsp3) is 0.303. The fourth-order valence-corrected chi connectivity index (χ4v) is 11.4. The van der Waals surface area contributed by atoms with Gasteiger partial charge in [0.05, 0.1) is 22.5 Å². The number of amides is 2. The molecule has 8 rings (SSSR count). The lowest BCUT2D eigenvalue weighted by molar-refractivity contribution is -0.123. The van der Waals surface area contributed by atoms with Crippen molar-refractivity contribution in [2.45, 2.75) is 36.1 Å². The Morgan fingerprint density at radius 1 is 1.00 bits per heavy atom. The van der Waals surface area contributed by atoms with Crippen LogP contribution in [0.2, 0.25) is 5.02 Å². The Hall–Kier alpha value is -2.85. The molecule has 2 amide bonds. The van der Waals surface area contributed by atoms with E-state index in [1.54, 1.807) is 11.8 Å². The Bertz CT molecular complexity index is 1860. The van der Waals surface area contributed by atoms with Crippen LogP contribution in [0.3, 0.4) is 0 Å². The van der Waals surface area contributed by atoms with Gasteiger partial charge in [0.15, 0.2) is 0 Å². The minimum absolute atomic E-state index is 0.00311. The molecule has 3 heterocycles. The van der Waals surface area contributed by atoms with E-state index in [2.05, 4.69) is 40.0 Å². The number of thioether (sulfide) groups is 1. The van der Waals surface area contributed by atoms with E-state index in [1.807, 2.05) is 54.6 Å². The van der Waals surface area contributed by atoms with Crippen LogP contribution >= 0.6 is 50.6 Å². The van der Waals surface area contributed by atoms with Gasteiger partial charge >= 0.3 is 4.87 Å². The number of halogens is 2. The molecule has 1 N–H and O–H groups in total. The van der Waals surface area contributed by atoms with Crippen LogP contribution in [0.15, 0.2) is 81.0 Å². The monoisotopic (exact) mass is 692 g/mol. The third kappa shape index (κ3) is 4.37. The van der Waals surface area contributed by atoms with E-state index in [4.69, 9.17) is 16.3 Å². The molecule has 3 aromatic carbocycles. The summed E-state index contributed by atoms with van der Waals surface area (Å²) in [5, 5.41) is 1.53. The average molecular weight is 694 g/mol. The molecule has 43 heavy (non-hydrogen) atoms. The standard InChI is InChI=1S/C33H26BrClN2O4S2/c1-15-3-2-4-16(11-15)14-41-23-10-7-18(35)12-20(23)24-25-21-13-22(28(25)42-30-29(24)43-33(40)36-30)27-26(21)31(38)37(32(27)39)19-8-5-17(34)6-9-19/h2-12,21-22,24-28H,13-14H2,1H3,(H,36,40)/t21-,22-,24?,25?,26?,27?,28?/m1/s1. The minimum atomic E-state index is -0.376. The second-order valence-corrected chi connectivity index (χ2v) is 15.5. The number of aryl methyl sites for hydroxylation is 1. The van der Waals surface area contributed by atoms with Gasteiger partial charge in [0.2, 0.25) is 11.8 Å². The van der Waals surface area contributed by atoms with Gasteiger partial charge in [0.25, 0.3) is 0 Å². The first-order valence-corrected chi connectivity index (χ1v) is 17.2. The second kappa shape index (κ2) is 10.4. The Morgan fingerprint density at radius 3 is 2.53 bits per heavy atom. The lowest BCUT2D eigenvalue weighted by Crippen LogP contribution is -2.42. The molecule has 5 unspecified atom stereocenters. The fourth-order valence-electron chi connectivity index (χ4n) is 8.07. The van der Waals surface area contributed by atoms with Gasteiger partial charge in [-0.05, 0) is 79.1 Å². The summed E-state index contributed by atoms with van der Waals surface area (Å²) in [5.74, 6) is -0.304. The van der Waals surface area contributed by atoms with Gasteiger partial charge in [0, 0.05) is 31.1 Å². The number of benzene rings is 3. The van der Waals surface area contributed by atoms with Crippen LogP contribution in [0.1, 0.15) is 33.9 Å². The van der Waals surface area contributed by atoms with Crippen LogP contribution in [-0.4, -0.2) is 22.0 Å². The van der Waals surface area contributed by atoms with E-state index in [0.717, 1.165) is 43.2 Å². The number of imide groups is 1. The molecule has 2 bridgehead atoms. The normalized spacial score (nSPS) is 28.6. The highest BCUT2D eigenvalue weighted by molar-refractivity contribution is 9.10. The SMILES string of the molecule is Cc1cccc(COc2ccc(Cl)cc2C2c3sc(=O)[nH]c3SC3C2[C@H]2C[C@@H]3C3C(=O)N(c4ccc(Br)cc4)C(=O)C32)c1. The zero-order valence-corrected chi connectivity index (χ0v) is 26.9. The molecule has 2 aliphatic heterocycles. The minimum Gasteiger partial charge on any atom is -0.489 e. The third-order valence-corrected chi connectivity index (χ3v) is 12.9. The first kappa shape index (κ1) is 27.7. The molecular weight excluding hydrogens is 668 g/mol. The maximum atomic E-state index is 14.0. The number of ether oxygens (including phenoxy) is 1. The van der Waals surface area contributed by atoms with Crippen LogP contribution in [0.25, 0.3) is 0 Å². The molecule has 4 aliphatic rings. The average Bonchev–Trinajstić information content (AvgIpc) is 3.72. The maximum absolute atomic E-state index is 14.0. The van der Waals surface area contributed by atoms with E-state index >= 15 is 0 Å². The number of hydrogen-bond donors (Lipinski definition) is 1. The number of nitrogens with one attached hydrogen (secondary N) is 1. The van der Waals surface area contributed by atoms with Crippen molar-refractivity contribution in [1.29, 1.82) is 0 Å². The largest absolute Gasteiger partial charge is 0.489 e. The van der Waals surface area contributed by atoms with Crippen LogP contribution in [0.4, 0.5) is 5.69 Å². The van der Waals surface area contributed by atoms with Gasteiger partial charge in [-0.25, -0.2) is 0 Å². The summed E-state index contributed by atoms with van der Waals surface area (Å²) in [4.78, 5) is 46.0. The number of carbonyl (C=O) groups is 2. The van der Waals surface area contributed by atoms with E-state index in [9.17, 15) is 14.4 Å². The van der Waals surface area contributed by atoms with Gasteiger partial charge in [-0.1, -0.05) is 68.7 Å². The van der Waals surface area contributed by atoms with Gasteiger partial charge < -0.3 is 9.72 Å². The molecule has 10 heteroatoms. The highest BCUT2D eigenvalue weighted by Crippen LogP contribution is 2.69. The molecule has 6 nitrogen and oxygen atoms in total. The summed E-state index contributed by atoms with van der Waals surface area (Å²) in [5.41, 5.74) is 3.77. The van der Waals surface area contributed by atoms with Crippen LogP contribution in [0.5, 0.6) is 5.75 Å². The van der Waals surface area contributed by atoms with Crippen molar-refractivity contribution < 1.29 is 14.3 Å². The van der Waals surface area contributed by atoms with Crippen molar-refractivity contribution in [2.24, 2.45) is 29.6 Å². The molecule has 0 spiro atoms. The molecule has 218 valence electrons. The van der Waals surface area contributed by atoms with E-state index in [0.29, 0.717) is 17.3 Å². The number of fused-ring (bicyclic) bond motifs is 9. The Morgan fingerprint density at radius 2 is 1.77 bits per heavy atom.